The predicted molar refractivity (Wildman–Crippen MR) is 69.7 cm³/mol. The quantitative estimate of drug-likeness (QED) is 0.760. The molecule has 3 nitrogen and oxygen atoms in total. The van der Waals surface area contributed by atoms with Gasteiger partial charge in [0.1, 0.15) is 0 Å². The molecule has 0 aromatic heterocycles. The van der Waals surface area contributed by atoms with E-state index in [2.05, 4.69) is 23.8 Å². The van der Waals surface area contributed by atoms with Crippen LogP contribution in [0.2, 0.25) is 0 Å². The summed E-state index contributed by atoms with van der Waals surface area (Å²) < 4.78 is 0. The van der Waals surface area contributed by atoms with Crippen LogP contribution in [-0.2, 0) is 4.79 Å². The third kappa shape index (κ3) is 4.66. The molecular weight excluding hydrogens is 228 g/mol. The first kappa shape index (κ1) is 13.2. The summed E-state index contributed by atoms with van der Waals surface area (Å²) in [5, 5.41) is 6.35. The van der Waals surface area contributed by atoms with Crippen LogP contribution in [-0.4, -0.2) is 48.0 Å². The molecule has 0 spiro atoms. The third-order valence-electron chi connectivity index (χ3n) is 2.45. The smallest absolute Gasteiger partial charge is 0.238 e. The standard InChI is InChI=1S/C10H20N2OS2/c1-3-8(6-14-2)12-10(13)9-7-15-5-4-11-9/h8-9,11H,3-7H2,1-2H3,(H,12,13). The van der Waals surface area contributed by atoms with Gasteiger partial charge in [-0.15, -0.1) is 0 Å². The lowest BCUT2D eigenvalue weighted by atomic mass is 10.2. The van der Waals surface area contributed by atoms with Gasteiger partial charge in [-0.05, 0) is 12.7 Å². The molecule has 0 saturated carbocycles. The summed E-state index contributed by atoms with van der Waals surface area (Å²) in [6.45, 7) is 3.06. The number of rotatable bonds is 5. The van der Waals surface area contributed by atoms with E-state index in [-0.39, 0.29) is 11.9 Å². The van der Waals surface area contributed by atoms with E-state index in [1.807, 2.05) is 11.8 Å². The van der Waals surface area contributed by atoms with Crippen LogP contribution in [0.3, 0.4) is 0 Å². The lowest BCUT2D eigenvalue weighted by molar-refractivity contribution is -0.123. The summed E-state index contributed by atoms with van der Waals surface area (Å²) in [5.41, 5.74) is 0. The van der Waals surface area contributed by atoms with Gasteiger partial charge < -0.3 is 10.6 Å². The van der Waals surface area contributed by atoms with Gasteiger partial charge in [-0.1, -0.05) is 6.92 Å². The summed E-state index contributed by atoms with van der Waals surface area (Å²) in [6.07, 6.45) is 3.08. The van der Waals surface area contributed by atoms with E-state index in [0.717, 1.165) is 30.2 Å². The number of nitrogens with one attached hydrogen (secondary N) is 2. The highest BCUT2D eigenvalue weighted by molar-refractivity contribution is 7.99. The summed E-state index contributed by atoms with van der Waals surface area (Å²) in [5.74, 6) is 3.19. The molecule has 2 unspecified atom stereocenters. The molecule has 1 aliphatic rings. The average molecular weight is 248 g/mol. The Morgan fingerprint density at radius 2 is 2.53 bits per heavy atom. The van der Waals surface area contributed by atoms with Crippen LogP contribution in [0.15, 0.2) is 0 Å². The molecule has 1 fully saturated rings. The first-order valence-electron chi connectivity index (χ1n) is 5.38. The highest BCUT2D eigenvalue weighted by atomic mass is 32.2. The molecule has 2 atom stereocenters. The second-order valence-electron chi connectivity index (χ2n) is 3.65. The Hall–Kier alpha value is 0.130. The van der Waals surface area contributed by atoms with E-state index in [1.54, 1.807) is 11.8 Å². The van der Waals surface area contributed by atoms with Gasteiger partial charge in [-0.3, -0.25) is 4.79 Å². The molecule has 0 aromatic carbocycles. The Morgan fingerprint density at radius 3 is 3.07 bits per heavy atom. The minimum absolute atomic E-state index is 0.0136. The number of hydrogen-bond donors (Lipinski definition) is 2. The third-order valence-corrected chi connectivity index (χ3v) is 4.24. The molecule has 1 amide bonds. The predicted octanol–water partition coefficient (Wildman–Crippen LogP) is 0.949. The molecule has 88 valence electrons. The zero-order chi connectivity index (χ0) is 11.1. The van der Waals surface area contributed by atoms with Gasteiger partial charge in [0.2, 0.25) is 5.91 Å². The summed E-state index contributed by atoms with van der Waals surface area (Å²) in [7, 11) is 0. The molecule has 1 saturated heterocycles. The topological polar surface area (TPSA) is 41.1 Å². The van der Waals surface area contributed by atoms with Crippen molar-refractivity contribution in [2.75, 3.05) is 30.1 Å². The summed E-state index contributed by atoms with van der Waals surface area (Å²) in [6, 6.07) is 0.334. The number of thioether (sulfide) groups is 2. The molecule has 0 radical (unpaired) electrons. The normalized spacial score (nSPS) is 23.5. The van der Waals surface area contributed by atoms with Gasteiger partial charge in [0.25, 0.3) is 0 Å². The fourth-order valence-corrected chi connectivity index (χ4v) is 3.15. The molecule has 15 heavy (non-hydrogen) atoms. The fourth-order valence-electron chi connectivity index (χ4n) is 1.50. The van der Waals surface area contributed by atoms with Gasteiger partial charge in [0.15, 0.2) is 0 Å². The van der Waals surface area contributed by atoms with E-state index < -0.39 is 0 Å². The highest BCUT2D eigenvalue weighted by Gasteiger charge is 2.22. The maximum atomic E-state index is 11.8. The van der Waals surface area contributed by atoms with E-state index in [0.29, 0.717) is 6.04 Å². The zero-order valence-electron chi connectivity index (χ0n) is 9.41. The Bertz CT molecular complexity index is 196. The molecule has 1 aliphatic heterocycles. The SMILES string of the molecule is CCC(CSC)NC(=O)C1CSCCN1. The van der Waals surface area contributed by atoms with Crippen LogP contribution in [0.4, 0.5) is 0 Å². The van der Waals surface area contributed by atoms with Gasteiger partial charge >= 0.3 is 0 Å². The van der Waals surface area contributed by atoms with Crippen LogP contribution in [0.5, 0.6) is 0 Å². The monoisotopic (exact) mass is 248 g/mol. The lowest BCUT2D eigenvalue weighted by Crippen LogP contribution is -2.51. The maximum Gasteiger partial charge on any atom is 0.238 e. The minimum atomic E-state index is 0.0136. The molecule has 1 heterocycles. The van der Waals surface area contributed by atoms with Crippen molar-refractivity contribution >= 4 is 29.4 Å². The lowest BCUT2D eigenvalue weighted by Gasteiger charge is -2.25. The molecule has 0 bridgehead atoms. The van der Waals surface area contributed by atoms with Gasteiger partial charge in [-0.2, -0.15) is 23.5 Å². The fraction of sp³-hybridized carbons (Fsp3) is 0.900. The van der Waals surface area contributed by atoms with E-state index in [1.165, 1.54) is 0 Å². The number of hydrogen-bond acceptors (Lipinski definition) is 4. The molecule has 1 rings (SSSR count). The first-order valence-corrected chi connectivity index (χ1v) is 7.93. The first-order chi connectivity index (χ1) is 7.27. The largest absolute Gasteiger partial charge is 0.351 e. The van der Waals surface area contributed by atoms with Gasteiger partial charge in [0.05, 0.1) is 6.04 Å². The Kier molecular flexibility index (Phi) is 6.52. The van der Waals surface area contributed by atoms with Crippen molar-refractivity contribution in [2.45, 2.75) is 25.4 Å². The van der Waals surface area contributed by atoms with Crippen LogP contribution in [0.25, 0.3) is 0 Å². The minimum Gasteiger partial charge on any atom is -0.351 e. The Morgan fingerprint density at radius 1 is 1.73 bits per heavy atom. The van der Waals surface area contributed by atoms with E-state index in [4.69, 9.17) is 0 Å². The highest BCUT2D eigenvalue weighted by Crippen LogP contribution is 2.08. The summed E-state index contributed by atoms with van der Waals surface area (Å²) >= 11 is 3.63. The molecule has 2 N–H and O–H groups in total. The summed E-state index contributed by atoms with van der Waals surface area (Å²) in [4.78, 5) is 11.8. The van der Waals surface area contributed by atoms with Crippen molar-refractivity contribution in [3.8, 4) is 0 Å². The molecule has 0 aliphatic carbocycles. The van der Waals surface area contributed by atoms with Crippen molar-refractivity contribution < 1.29 is 4.79 Å². The van der Waals surface area contributed by atoms with Gasteiger partial charge in [0, 0.05) is 29.8 Å². The van der Waals surface area contributed by atoms with Crippen molar-refractivity contribution in [1.29, 1.82) is 0 Å². The Balaban J connectivity index is 2.31. The van der Waals surface area contributed by atoms with Crippen molar-refractivity contribution in [2.24, 2.45) is 0 Å². The van der Waals surface area contributed by atoms with Crippen molar-refractivity contribution in [1.82, 2.24) is 10.6 Å². The number of amides is 1. The van der Waals surface area contributed by atoms with Crippen LogP contribution in [0, 0.1) is 0 Å². The van der Waals surface area contributed by atoms with E-state index in [9.17, 15) is 4.79 Å². The molecule has 0 aromatic rings. The number of carbonyl (C=O) groups is 1. The van der Waals surface area contributed by atoms with Gasteiger partial charge in [-0.25, -0.2) is 0 Å². The maximum absolute atomic E-state index is 11.8. The van der Waals surface area contributed by atoms with Crippen molar-refractivity contribution in [3.63, 3.8) is 0 Å². The van der Waals surface area contributed by atoms with Crippen molar-refractivity contribution in [3.05, 3.63) is 0 Å². The number of carbonyl (C=O) groups excluding carboxylic acids is 1. The van der Waals surface area contributed by atoms with Crippen LogP contribution in [0.1, 0.15) is 13.3 Å². The van der Waals surface area contributed by atoms with E-state index >= 15 is 0 Å². The zero-order valence-corrected chi connectivity index (χ0v) is 11.0. The molecular formula is C10H20N2OS2. The second-order valence-corrected chi connectivity index (χ2v) is 5.71. The van der Waals surface area contributed by atoms with Crippen LogP contribution >= 0.6 is 23.5 Å². The second kappa shape index (κ2) is 7.41. The average Bonchev–Trinajstić information content (AvgIpc) is 2.29. The Labute approximate surface area is 101 Å². The molecule has 5 heteroatoms. The van der Waals surface area contributed by atoms with Crippen LogP contribution < -0.4 is 10.6 Å².